The van der Waals surface area contributed by atoms with Crippen molar-refractivity contribution in [2.45, 2.75) is 6.29 Å². The third-order valence-corrected chi connectivity index (χ3v) is 2.78. The Morgan fingerprint density at radius 2 is 2.25 bits per heavy atom. The van der Waals surface area contributed by atoms with Gasteiger partial charge in [0.2, 0.25) is 0 Å². The average Bonchev–Trinajstić information content (AvgIpc) is 2.47. The molecule has 1 aliphatic heterocycles. The second-order valence-electron chi connectivity index (χ2n) is 4.04. The van der Waals surface area contributed by atoms with Gasteiger partial charge in [-0.15, -0.1) is 0 Å². The molecule has 0 radical (unpaired) electrons. The van der Waals surface area contributed by atoms with E-state index in [0.717, 1.165) is 0 Å². The number of amidine groups is 1. The lowest BCUT2D eigenvalue weighted by Crippen LogP contribution is -2.28. The maximum absolute atomic E-state index is 10.7. The number of anilines is 1. The summed E-state index contributed by atoms with van der Waals surface area (Å²) >= 11 is 0. The summed E-state index contributed by atoms with van der Waals surface area (Å²) in [5.41, 5.74) is 0.636. The van der Waals surface area contributed by atoms with Crippen LogP contribution in [0.1, 0.15) is 0 Å². The van der Waals surface area contributed by atoms with Gasteiger partial charge in [0.1, 0.15) is 18.2 Å². The number of rotatable bonds is 5. The molecule has 1 heterocycles. The normalized spacial score (nSPS) is 15.7. The Kier molecular flexibility index (Phi) is 4.49. The second-order valence-corrected chi connectivity index (χ2v) is 4.04. The Balaban J connectivity index is 2.07. The minimum atomic E-state index is -0.463. The summed E-state index contributed by atoms with van der Waals surface area (Å²) in [6, 6.07) is 4.38. The number of methoxy groups -OCH3 is 2. The van der Waals surface area contributed by atoms with Crippen LogP contribution in [0.4, 0.5) is 11.4 Å². The van der Waals surface area contributed by atoms with E-state index in [1.54, 1.807) is 6.07 Å². The van der Waals surface area contributed by atoms with Gasteiger partial charge in [0.05, 0.1) is 23.2 Å². The summed E-state index contributed by atoms with van der Waals surface area (Å²) < 4.78 is 15.5. The fourth-order valence-electron chi connectivity index (χ4n) is 1.70. The molecule has 8 nitrogen and oxygen atoms in total. The van der Waals surface area contributed by atoms with Crippen LogP contribution in [0.25, 0.3) is 0 Å². The molecule has 0 saturated heterocycles. The first-order valence-electron chi connectivity index (χ1n) is 5.91. The topological polar surface area (TPSA) is 95.2 Å². The summed E-state index contributed by atoms with van der Waals surface area (Å²) in [5.74, 6) is 1.05. The molecule has 2 rings (SSSR count). The highest BCUT2D eigenvalue weighted by Gasteiger charge is 2.18. The summed E-state index contributed by atoms with van der Waals surface area (Å²) in [7, 11) is 3.07. The number of nitrogens with one attached hydrogen (secondary N) is 1. The molecular weight excluding hydrogens is 266 g/mol. The summed E-state index contributed by atoms with van der Waals surface area (Å²) in [6.07, 6.45) is -0.414. The average molecular weight is 281 g/mol. The first-order valence-corrected chi connectivity index (χ1v) is 5.91. The maximum Gasteiger partial charge on any atom is 0.273 e. The Labute approximate surface area is 115 Å². The molecule has 1 aromatic carbocycles. The molecule has 0 aliphatic carbocycles. The van der Waals surface area contributed by atoms with Gasteiger partial charge >= 0.3 is 0 Å². The highest BCUT2D eigenvalue weighted by atomic mass is 16.7. The van der Waals surface area contributed by atoms with Crippen molar-refractivity contribution in [2.75, 3.05) is 32.7 Å². The number of fused-ring (bicyclic) bond motifs is 1. The SMILES string of the molecule is COC(CN=C1COc2cc([N+](=O)[O-])ccc2N1)OC. The first-order chi connectivity index (χ1) is 9.63. The number of nitro benzene ring substituents is 1. The van der Waals surface area contributed by atoms with Crippen LogP contribution in [-0.2, 0) is 9.47 Å². The molecule has 20 heavy (non-hydrogen) atoms. The van der Waals surface area contributed by atoms with Crippen molar-refractivity contribution in [1.29, 1.82) is 0 Å². The molecule has 1 aromatic rings. The molecule has 0 bridgehead atoms. The van der Waals surface area contributed by atoms with Crippen molar-refractivity contribution in [2.24, 2.45) is 4.99 Å². The monoisotopic (exact) mass is 281 g/mol. The van der Waals surface area contributed by atoms with E-state index in [4.69, 9.17) is 14.2 Å². The van der Waals surface area contributed by atoms with Crippen molar-refractivity contribution in [3.05, 3.63) is 28.3 Å². The molecule has 0 aromatic heterocycles. The number of hydrogen-bond acceptors (Lipinski definition) is 6. The number of benzene rings is 1. The molecule has 0 saturated carbocycles. The minimum absolute atomic E-state index is 0.00947. The zero-order valence-electron chi connectivity index (χ0n) is 11.2. The number of non-ortho nitro benzene ring substituents is 1. The van der Waals surface area contributed by atoms with E-state index in [9.17, 15) is 10.1 Å². The van der Waals surface area contributed by atoms with E-state index >= 15 is 0 Å². The van der Waals surface area contributed by atoms with Gasteiger partial charge in [-0.1, -0.05) is 0 Å². The van der Waals surface area contributed by atoms with Crippen LogP contribution < -0.4 is 10.1 Å². The molecule has 0 fully saturated rings. The molecule has 0 spiro atoms. The molecule has 0 atom stereocenters. The van der Waals surface area contributed by atoms with Crippen LogP contribution in [-0.4, -0.2) is 44.4 Å². The minimum Gasteiger partial charge on any atom is -0.483 e. The molecule has 8 heteroatoms. The van der Waals surface area contributed by atoms with E-state index < -0.39 is 11.2 Å². The fourth-order valence-corrected chi connectivity index (χ4v) is 1.70. The Bertz CT molecular complexity index is 528. The quantitative estimate of drug-likeness (QED) is 0.498. The van der Waals surface area contributed by atoms with Crippen molar-refractivity contribution >= 4 is 17.2 Å². The molecule has 0 amide bonds. The zero-order chi connectivity index (χ0) is 14.5. The highest BCUT2D eigenvalue weighted by Crippen LogP contribution is 2.31. The van der Waals surface area contributed by atoms with Crippen LogP contribution in [0.5, 0.6) is 5.75 Å². The lowest BCUT2D eigenvalue weighted by atomic mass is 10.2. The summed E-state index contributed by atoms with van der Waals surface area (Å²) in [6.45, 7) is 0.551. The van der Waals surface area contributed by atoms with E-state index in [2.05, 4.69) is 10.3 Å². The predicted octanol–water partition coefficient (Wildman–Crippen LogP) is 1.42. The Hall–Kier alpha value is -2.19. The highest BCUT2D eigenvalue weighted by molar-refractivity contribution is 5.99. The van der Waals surface area contributed by atoms with Crippen LogP contribution in [0.3, 0.4) is 0 Å². The van der Waals surface area contributed by atoms with Crippen molar-refractivity contribution in [3.63, 3.8) is 0 Å². The van der Waals surface area contributed by atoms with E-state index in [-0.39, 0.29) is 12.3 Å². The van der Waals surface area contributed by atoms with Gasteiger partial charge in [-0.05, 0) is 6.07 Å². The largest absolute Gasteiger partial charge is 0.483 e. The second kappa shape index (κ2) is 6.31. The third kappa shape index (κ3) is 3.22. The fraction of sp³-hybridized carbons (Fsp3) is 0.417. The molecule has 108 valence electrons. The van der Waals surface area contributed by atoms with Gasteiger partial charge in [-0.2, -0.15) is 0 Å². The molecule has 1 aliphatic rings. The smallest absolute Gasteiger partial charge is 0.273 e. The van der Waals surface area contributed by atoms with Gasteiger partial charge in [0, 0.05) is 20.3 Å². The van der Waals surface area contributed by atoms with Crippen LogP contribution in [0, 0.1) is 10.1 Å². The van der Waals surface area contributed by atoms with Crippen LogP contribution in [0.15, 0.2) is 23.2 Å². The Morgan fingerprint density at radius 1 is 1.50 bits per heavy atom. The molecule has 1 N–H and O–H groups in total. The zero-order valence-corrected chi connectivity index (χ0v) is 11.2. The number of aliphatic imine (C=N–C) groups is 1. The number of nitrogens with zero attached hydrogens (tertiary/aromatic N) is 2. The molecule has 0 unspecified atom stereocenters. The van der Waals surface area contributed by atoms with Gasteiger partial charge in [0.25, 0.3) is 5.69 Å². The van der Waals surface area contributed by atoms with Gasteiger partial charge in [-0.3, -0.25) is 15.1 Å². The van der Waals surface area contributed by atoms with Gasteiger partial charge < -0.3 is 19.5 Å². The summed E-state index contributed by atoms with van der Waals surface area (Å²) in [4.78, 5) is 14.5. The standard InChI is InChI=1S/C12H15N3O5/c1-18-12(19-2)6-13-11-7-20-10-5-8(15(16)17)3-4-9(10)14-11/h3-5,12H,6-7H2,1-2H3,(H,13,14). The molecular formula is C12H15N3O5. The maximum atomic E-state index is 10.7. The number of nitro groups is 1. The van der Waals surface area contributed by atoms with E-state index in [1.165, 1.54) is 26.4 Å². The van der Waals surface area contributed by atoms with Gasteiger partial charge in [0.15, 0.2) is 6.29 Å². The first kappa shape index (κ1) is 14.2. The van der Waals surface area contributed by atoms with E-state index in [0.29, 0.717) is 23.8 Å². The van der Waals surface area contributed by atoms with Gasteiger partial charge in [-0.25, -0.2) is 0 Å². The Morgan fingerprint density at radius 3 is 2.90 bits per heavy atom. The predicted molar refractivity (Wildman–Crippen MR) is 72.3 cm³/mol. The lowest BCUT2D eigenvalue weighted by molar-refractivity contribution is -0.384. The van der Waals surface area contributed by atoms with Crippen LogP contribution in [0.2, 0.25) is 0 Å². The van der Waals surface area contributed by atoms with E-state index in [1.807, 2.05) is 0 Å². The van der Waals surface area contributed by atoms with Crippen LogP contribution >= 0.6 is 0 Å². The van der Waals surface area contributed by atoms with Crippen molar-refractivity contribution < 1.29 is 19.1 Å². The summed E-state index contributed by atoms with van der Waals surface area (Å²) in [5, 5.41) is 13.7. The van der Waals surface area contributed by atoms with Crippen molar-refractivity contribution in [3.8, 4) is 5.75 Å². The third-order valence-electron chi connectivity index (χ3n) is 2.78. The lowest BCUT2D eigenvalue weighted by Gasteiger charge is -2.21. The number of hydrogen-bond donors (Lipinski definition) is 1. The van der Waals surface area contributed by atoms with Crippen molar-refractivity contribution in [1.82, 2.24) is 0 Å². The number of ether oxygens (including phenoxy) is 3.